The minimum Gasteiger partial charge on any atom is -0.504 e. The molecule has 82 valence electrons. The Hall–Kier alpha value is -1.71. The van der Waals surface area contributed by atoms with Crippen LogP contribution in [0.25, 0.3) is 0 Å². The molecule has 0 heterocycles. The van der Waals surface area contributed by atoms with Gasteiger partial charge in [0, 0.05) is 5.56 Å². The molecule has 0 spiro atoms. The molecule has 0 fully saturated rings. The number of carboxylic acid groups (broad SMARTS) is 1. The molecule has 0 saturated carbocycles. The van der Waals surface area contributed by atoms with E-state index in [0.29, 0.717) is 5.56 Å². The van der Waals surface area contributed by atoms with E-state index in [-0.39, 0.29) is 11.5 Å². The number of benzene rings is 1. The first kappa shape index (κ1) is 11.4. The first-order valence-electron chi connectivity index (χ1n) is 4.51. The van der Waals surface area contributed by atoms with Crippen molar-refractivity contribution in [2.45, 2.75) is 19.3 Å². The third kappa shape index (κ3) is 1.88. The van der Waals surface area contributed by atoms with E-state index in [2.05, 4.69) is 0 Å². The smallest absolute Gasteiger partial charge is 0.313 e. The molecule has 0 bridgehead atoms. The quantitative estimate of drug-likeness (QED) is 0.797. The first-order valence-corrected chi connectivity index (χ1v) is 4.51. The fourth-order valence-corrected chi connectivity index (χ4v) is 1.35. The maximum atomic E-state index is 11.1. The highest BCUT2D eigenvalue weighted by Crippen LogP contribution is 2.37. The molecule has 1 aromatic carbocycles. The highest BCUT2D eigenvalue weighted by molar-refractivity contribution is 5.81. The molecule has 0 saturated heterocycles. The summed E-state index contributed by atoms with van der Waals surface area (Å²) in [6.07, 6.45) is 0. The Morgan fingerprint density at radius 2 is 2.00 bits per heavy atom. The van der Waals surface area contributed by atoms with Crippen molar-refractivity contribution in [3.05, 3.63) is 23.8 Å². The molecule has 0 amide bonds. The van der Waals surface area contributed by atoms with Crippen LogP contribution in [0.5, 0.6) is 11.5 Å². The van der Waals surface area contributed by atoms with Gasteiger partial charge in [-0.2, -0.15) is 0 Å². The number of phenols is 1. The van der Waals surface area contributed by atoms with Gasteiger partial charge in [0.25, 0.3) is 0 Å². The van der Waals surface area contributed by atoms with Gasteiger partial charge in [0.15, 0.2) is 11.5 Å². The van der Waals surface area contributed by atoms with Crippen LogP contribution in [-0.2, 0) is 10.2 Å². The van der Waals surface area contributed by atoms with E-state index in [9.17, 15) is 9.90 Å². The Balaban J connectivity index is 3.37. The Morgan fingerprint density at radius 1 is 1.40 bits per heavy atom. The second-order valence-corrected chi connectivity index (χ2v) is 3.79. The summed E-state index contributed by atoms with van der Waals surface area (Å²) in [5.74, 6) is -0.805. The molecule has 0 aliphatic carbocycles. The first-order chi connectivity index (χ1) is 6.91. The Kier molecular flexibility index (Phi) is 2.88. The lowest BCUT2D eigenvalue weighted by atomic mass is 9.84. The molecule has 0 aliphatic rings. The number of hydrogen-bond acceptors (Lipinski definition) is 3. The zero-order chi connectivity index (χ0) is 11.6. The molecule has 0 aromatic heterocycles. The third-order valence-electron chi connectivity index (χ3n) is 2.41. The SMILES string of the molecule is COc1c(O)cccc1C(C)(C)C(=O)O. The van der Waals surface area contributed by atoms with Gasteiger partial charge < -0.3 is 14.9 Å². The number of aromatic hydroxyl groups is 1. The van der Waals surface area contributed by atoms with Crippen LogP contribution >= 0.6 is 0 Å². The highest BCUT2D eigenvalue weighted by atomic mass is 16.5. The van der Waals surface area contributed by atoms with E-state index >= 15 is 0 Å². The van der Waals surface area contributed by atoms with Crippen LogP contribution in [0.3, 0.4) is 0 Å². The normalized spacial score (nSPS) is 11.1. The Morgan fingerprint density at radius 3 is 2.47 bits per heavy atom. The maximum absolute atomic E-state index is 11.1. The molecule has 1 aromatic rings. The number of aliphatic carboxylic acids is 1. The minimum absolute atomic E-state index is 0.0516. The molecule has 4 heteroatoms. The second-order valence-electron chi connectivity index (χ2n) is 3.79. The summed E-state index contributed by atoms with van der Waals surface area (Å²) in [7, 11) is 1.40. The van der Waals surface area contributed by atoms with Gasteiger partial charge in [0.05, 0.1) is 12.5 Å². The highest BCUT2D eigenvalue weighted by Gasteiger charge is 2.33. The van der Waals surface area contributed by atoms with E-state index in [1.807, 2.05) is 0 Å². The number of carbonyl (C=O) groups is 1. The van der Waals surface area contributed by atoms with Gasteiger partial charge in [-0.15, -0.1) is 0 Å². The van der Waals surface area contributed by atoms with E-state index in [4.69, 9.17) is 9.84 Å². The van der Waals surface area contributed by atoms with Crippen LogP contribution in [0.4, 0.5) is 0 Å². The molecular weight excluding hydrogens is 196 g/mol. The summed E-state index contributed by atoms with van der Waals surface area (Å²) in [6, 6.07) is 4.69. The van der Waals surface area contributed by atoms with E-state index in [0.717, 1.165) is 0 Å². The van der Waals surface area contributed by atoms with Crippen molar-refractivity contribution in [1.29, 1.82) is 0 Å². The fourth-order valence-electron chi connectivity index (χ4n) is 1.35. The molecule has 0 atom stereocenters. The number of rotatable bonds is 3. The van der Waals surface area contributed by atoms with Crippen molar-refractivity contribution in [3.63, 3.8) is 0 Å². The average molecular weight is 210 g/mol. The average Bonchev–Trinajstić information content (AvgIpc) is 2.17. The van der Waals surface area contributed by atoms with Crippen LogP contribution in [0.2, 0.25) is 0 Å². The second kappa shape index (κ2) is 3.81. The van der Waals surface area contributed by atoms with Gasteiger partial charge in [0.2, 0.25) is 0 Å². The third-order valence-corrected chi connectivity index (χ3v) is 2.41. The Labute approximate surface area is 88.1 Å². The number of ether oxygens (including phenoxy) is 1. The maximum Gasteiger partial charge on any atom is 0.313 e. The summed E-state index contributed by atoms with van der Waals surface area (Å²) in [5.41, 5.74) is -0.637. The van der Waals surface area contributed by atoms with Crippen molar-refractivity contribution >= 4 is 5.97 Å². The summed E-state index contributed by atoms with van der Waals surface area (Å²) >= 11 is 0. The predicted octanol–water partition coefficient (Wildman–Crippen LogP) is 1.76. The fraction of sp³-hybridized carbons (Fsp3) is 0.364. The summed E-state index contributed by atoms with van der Waals surface area (Å²) in [5, 5.41) is 18.6. The van der Waals surface area contributed by atoms with Crippen LogP contribution in [-0.4, -0.2) is 23.3 Å². The molecule has 2 N–H and O–H groups in total. The van der Waals surface area contributed by atoms with Gasteiger partial charge in [0.1, 0.15) is 0 Å². The number of hydrogen-bond donors (Lipinski definition) is 2. The van der Waals surface area contributed by atoms with Crippen LogP contribution in [0, 0.1) is 0 Å². The van der Waals surface area contributed by atoms with Gasteiger partial charge in [-0.3, -0.25) is 4.79 Å². The van der Waals surface area contributed by atoms with Crippen molar-refractivity contribution in [2.75, 3.05) is 7.11 Å². The van der Waals surface area contributed by atoms with E-state index in [1.165, 1.54) is 13.2 Å². The van der Waals surface area contributed by atoms with Crippen LogP contribution in [0.1, 0.15) is 19.4 Å². The number of carboxylic acids is 1. The standard InChI is InChI=1S/C11H14O4/c1-11(2,10(13)14)7-5-4-6-8(12)9(7)15-3/h4-6,12H,1-3H3,(H,13,14). The molecule has 0 radical (unpaired) electrons. The monoisotopic (exact) mass is 210 g/mol. The van der Waals surface area contributed by atoms with Crippen LogP contribution < -0.4 is 4.74 Å². The topological polar surface area (TPSA) is 66.8 Å². The molecule has 4 nitrogen and oxygen atoms in total. The number of phenolic OH excluding ortho intramolecular Hbond substituents is 1. The number of para-hydroxylation sites is 1. The lowest BCUT2D eigenvalue weighted by Gasteiger charge is -2.22. The molecule has 15 heavy (non-hydrogen) atoms. The number of methoxy groups -OCH3 is 1. The van der Waals surface area contributed by atoms with E-state index in [1.54, 1.807) is 26.0 Å². The van der Waals surface area contributed by atoms with Crippen molar-refractivity contribution < 1.29 is 19.7 Å². The van der Waals surface area contributed by atoms with Crippen molar-refractivity contribution in [2.24, 2.45) is 0 Å². The van der Waals surface area contributed by atoms with Gasteiger partial charge in [-0.05, 0) is 19.9 Å². The molecule has 0 aliphatic heterocycles. The lowest BCUT2D eigenvalue weighted by Crippen LogP contribution is -2.29. The van der Waals surface area contributed by atoms with Crippen LogP contribution in [0.15, 0.2) is 18.2 Å². The molecule has 1 rings (SSSR count). The zero-order valence-electron chi connectivity index (χ0n) is 8.94. The predicted molar refractivity (Wildman–Crippen MR) is 55.3 cm³/mol. The summed E-state index contributed by atoms with van der Waals surface area (Å²) in [6.45, 7) is 3.12. The van der Waals surface area contributed by atoms with Crippen molar-refractivity contribution in [3.8, 4) is 11.5 Å². The molecular formula is C11H14O4. The van der Waals surface area contributed by atoms with Crippen molar-refractivity contribution in [1.82, 2.24) is 0 Å². The zero-order valence-corrected chi connectivity index (χ0v) is 8.94. The van der Waals surface area contributed by atoms with E-state index < -0.39 is 11.4 Å². The van der Waals surface area contributed by atoms with Gasteiger partial charge in [-0.1, -0.05) is 12.1 Å². The summed E-state index contributed by atoms with van der Waals surface area (Å²) < 4.78 is 5.00. The van der Waals surface area contributed by atoms with Gasteiger partial charge >= 0.3 is 5.97 Å². The Bertz CT molecular complexity index is 382. The largest absolute Gasteiger partial charge is 0.504 e. The lowest BCUT2D eigenvalue weighted by molar-refractivity contribution is -0.142. The van der Waals surface area contributed by atoms with Gasteiger partial charge in [-0.25, -0.2) is 0 Å². The summed E-state index contributed by atoms with van der Waals surface area (Å²) in [4.78, 5) is 11.1. The minimum atomic E-state index is -1.09. The molecule has 0 unspecified atom stereocenters.